The quantitative estimate of drug-likeness (QED) is 0.0980. The third-order valence-corrected chi connectivity index (χ3v) is 14.3. The number of hydrogen-bond donors (Lipinski definition) is 3. The van der Waals surface area contributed by atoms with E-state index in [0.29, 0.717) is 22.0 Å². The number of nitrogens with zero attached hydrogens (tertiary/aromatic N) is 6. The normalized spacial score (nSPS) is 11.4. The number of pyridine rings is 6. The van der Waals surface area contributed by atoms with E-state index in [1.54, 1.807) is 24.3 Å². The fourth-order valence-corrected chi connectivity index (χ4v) is 10.0. The minimum absolute atomic E-state index is 0.406. The number of aliphatic hydroxyl groups excluding tert-OH is 1. The molecule has 0 saturated heterocycles. The molecule has 0 fully saturated rings. The molecule has 8 aromatic heterocycles. The van der Waals surface area contributed by atoms with E-state index in [9.17, 15) is 0 Å². The van der Waals surface area contributed by atoms with Gasteiger partial charge in [-0.05, 0) is 182 Å². The predicted molar refractivity (Wildman–Crippen MR) is 326 cm³/mol. The van der Waals surface area contributed by atoms with E-state index in [1.165, 1.54) is 5.56 Å². The lowest BCUT2D eigenvalue weighted by molar-refractivity contribution is 0.399. The summed E-state index contributed by atoms with van der Waals surface area (Å²) in [6, 6.07) is 56.3. The molecule has 4 aromatic carbocycles. The molecule has 0 aliphatic rings. The highest BCUT2D eigenvalue weighted by atomic mass is 35.5. The molecule has 0 bridgehead atoms. The number of para-hydroxylation sites is 2. The SMILES string of the molecule is CO.Cc1cc(-c2ccccc2)nc(C(C)(C)c2cc(C)cc(-c3cccc4c3oc3nc(C)ccc34)n2)c1.Cc1cc(Cl)nc(C(C)(C)c2cc(C)cc(-c3cccc4c3oc3nc(C)ccc34)n2)c1.OB(O)c1ccccc1. The zero-order valence-corrected chi connectivity index (χ0v) is 47.7. The summed E-state index contributed by atoms with van der Waals surface area (Å²) in [5, 5.41) is 28.8. The van der Waals surface area contributed by atoms with Gasteiger partial charge in [0.1, 0.15) is 16.3 Å². The second-order valence-corrected chi connectivity index (χ2v) is 21.6. The average Bonchev–Trinajstić information content (AvgIpc) is 4.01. The fourth-order valence-electron chi connectivity index (χ4n) is 9.77. The topological polar surface area (TPSA) is 164 Å². The van der Waals surface area contributed by atoms with Crippen LogP contribution in [0.15, 0.2) is 179 Å². The van der Waals surface area contributed by atoms with Crippen LogP contribution >= 0.6 is 11.6 Å². The summed E-state index contributed by atoms with van der Waals surface area (Å²) in [7, 11) is -0.341. The highest BCUT2D eigenvalue weighted by molar-refractivity contribution is 6.58. The summed E-state index contributed by atoms with van der Waals surface area (Å²) >= 11 is 6.27. The van der Waals surface area contributed by atoms with Gasteiger partial charge in [0.15, 0.2) is 0 Å². The van der Waals surface area contributed by atoms with Crippen molar-refractivity contribution in [3.05, 3.63) is 231 Å². The summed E-state index contributed by atoms with van der Waals surface area (Å²) in [5.41, 5.74) is 18.6. The number of halogens is 1. The van der Waals surface area contributed by atoms with Crippen LogP contribution in [0.3, 0.4) is 0 Å². The first-order valence-electron chi connectivity index (χ1n) is 26.4. The van der Waals surface area contributed by atoms with E-state index in [4.69, 9.17) is 50.5 Å². The monoisotopic (exact) mass is 1080 g/mol. The van der Waals surface area contributed by atoms with Gasteiger partial charge < -0.3 is 24.0 Å². The van der Waals surface area contributed by atoms with Crippen molar-refractivity contribution in [3.63, 3.8) is 0 Å². The highest BCUT2D eigenvalue weighted by Gasteiger charge is 2.30. The molecule has 3 N–H and O–H groups in total. The molecule has 12 rings (SSSR count). The maximum Gasteiger partial charge on any atom is 0.488 e. The van der Waals surface area contributed by atoms with Crippen molar-refractivity contribution in [2.45, 2.75) is 80.1 Å². The molecule has 11 nitrogen and oxygen atoms in total. The van der Waals surface area contributed by atoms with Gasteiger partial charge in [-0.25, -0.2) is 15.0 Å². The van der Waals surface area contributed by atoms with Crippen LogP contribution in [0.25, 0.3) is 77.9 Å². The Kier molecular flexibility index (Phi) is 16.6. The third-order valence-electron chi connectivity index (χ3n) is 14.1. The number of aromatic nitrogens is 6. The zero-order valence-electron chi connectivity index (χ0n) is 47.0. The van der Waals surface area contributed by atoms with Gasteiger partial charge in [-0.1, -0.05) is 96.5 Å². The molecule has 0 atom stereocenters. The fraction of sp³-hybridized carbons (Fsp3) is 0.194. The smallest absolute Gasteiger partial charge is 0.437 e. The molecule has 0 radical (unpaired) electrons. The van der Waals surface area contributed by atoms with E-state index in [-0.39, 0.29) is 0 Å². The second-order valence-electron chi connectivity index (χ2n) is 21.2. The molecule has 0 spiro atoms. The van der Waals surface area contributed by atoms with Crippen molar-refractivity contribution in [1.29, 1.82) is 0 Å². The van der Waals surface area contributed by atoms with Gasteiger partial charge in [-0.3, -0.25) is 15.0 Å². The molecular weight excluding hydrogens is 1020 g/mol. The molecule has 12 aromatic rings. The summed E-state index contributed by atoms with van der Waals surface area (Å²) in [5.74, 6) is 0. The predicted octanol–water partition coefficient (Wildman–Crippen LogP) is 14.7. The number of furan rings is 2. The second kappa shape index (κ2) is 23.5. The Hall–Kier alpha value is -8.39. The number of aliphatic hydroxyl groups is 1. The lowest BCUT2D eigenvalue weighted by Gasteiger charge is -2.26. The number of hydrogen-bond acceptors (Lipinski definition) is 11. The van der Waals surface area contributed by atoms with E-state index in [0.717, 1.165) is 124 Å². The number of benzene rings is 4. The Morgan fingerprint density at radius 1 is 0.400 bits per heavy atom. The summed E-state index contributed by atoms with van der Waals surface area (Å²) < 4.78 is 12.5. The van der Waals surface area contributed by atoms with Crippen molar-refractivity contribution < 1.29 is 24.0 Å². The van der Waals surface area contributed by atoms with E-state index >= 15 is 0 Å². The maximum atomic E-state index is 8.58. The molecule has 0 aliphatic heterocycles. The lowest BCUT2D eigenvalue weighted by Crippen LogP contribution is -2.29. The van der Waals surface area contributed by atoms with Gasteiger partial charge >= 0.3 is 7.12 Å². The van der Waals surface area contributed by atoms with Crippen LogP contribution in [0.5, 0.6) is 0 Å². The number of rotatable bonds is 8. The van der Waals surface area contributed by atoms with Crippen molar-refractivity contribution in [2.75, 3.05) is 7.11 Å². The first kappa shape index (κ1) is 56.3. The molecule has 8 heterocycles. The minimum atomic E-state index is -1.34. The number of aryl methyl sites for hydroxylation is 6. The van der Waals surface area contributed by atoms with Gasteiger partial charge in [0, 0.05) is 67.6 Å². The summed E-state index contributed by atoms with van der Waals surface area (Å²) in [6.07, 6.45) is 0. The van der Waals surface area contributed by atoms with Crippen molar-refractivity contribution in [3.8, 4) is 33.8 Å². The van der Waals surface area contributed by atoms with Gasteiger partial charge in [-0.15, -0.1) is 0 Å². The Morgan fingerprint density at radius 3 is 1.20 bits per heavy atom. The van der Waals surface area contributed by atoms with Crippen LogP contribution in [0.1, 0.15) is 84.1 Å². The summed E-state index contributed by atoms with van der Waals surface area (Å²) in [6.45, 7) is 21.0. The molecule has 402 valence electrons. The van der Waals surface area contributed by atoms with Gasteiger partial charge in [-0.2, -0.15) is 0 Å². The Bertz CT molecular complexity index is 4160. The first-order valence-corrected chi connectivity index (χ1v) is 26.8. The van der Waals surface area contributed by atoms with Crippen molar-refractivity contribution in [1.82, 2.24) is 29.9 Å². The van der Waals surface area contributed by atoms with Crippen LogP contribution in [0.2, 0.25) is 5.15 Å². The molecule has 13 heteroatoms. The van der Waals surface area contributed by atoms with Gasteiger partial charge in [0.25, 0.3) is 0 Å². The summed E-state index contributed by atoms with van der Waals surface area (Å²) in [4.78, 5) is 29.2. The van der Waals surface area contributed by atoms with Gasteiger partial charge in [0.05, 0.1) is 39.9 Å². The van der Waals surface area contributed by atoms with E-state index in [2.05, 4.69) is 160 Å². The minimum Gasteiger partial charge on any atom is -0.437 e. The maximum absolute atomic E-state index is 8.58. The number of fused-ring (bicyclic) bond motifs is 6. The molecule has 0 unspecified atom stereocenters. The lowest BCUT2D eigenvalue weighted by atomic mass is 9.81. The average molecular weight is 1080 g/mol. The van der Waals surface area contributed by atoms with Crippen LogP contribution in [0, 0.1) is 41.5 Å². The molecule has 80 heavy (non-hydrogen) atoms. The molecule has 0 amide bonds. The van der Waals surface area contributed by atoms with Crippen molar-refractivity contribution >= 4 is 68.3 Å². The third kappa shape index (κ3) is 11.9. The van der Waals surface area contributed by atoms with Crippen LogP contribution in [-0.4, -0.2) is 59.3 Å². The first-order chi connectivity index (χ1) is 38.3. The standard InChI is InChI=1S/C33H29N3O.C27H24ClN3O.C6H7BO2.CH4O/c1-20-16-27(23-10-7-6-8-11-23)35-29(18-20)33(4,5)30-19-21(2)17-28(36-30)26-13-9-12-24-25-15-14-22(3)34-32(25)37-31(24)26;1-15-11-21(30-22(12-15)27(4,5)23-13-16(2)14-24(28)31-23)20-8-6-7-18-19-10-9-17(3)29-26(19)32-25(18)20;8-7(9)6-4-2-1-3-5-6;1-2/h6-19H,1-5H3;6-14H,1-5H3;1-5,8-9H;2H,1H3. The highest BCUT2D eigenvalue weighted by Crippen LogP contribution is 2.40. The van der Waals surface area contributed by atoms with Crippen LogP contribution < -0.4 is 5.46 Å². The van der Waals surface area contributed by atoms with Crippen molar-refractivity contribution in [2.24, 2.45) is 0 Å². The largest absolute Gasteiger partial charge is 0.488 e. The van der Waals surface area contributed by atoms with E-state index in [1.807, 2.05) is 69.3 Å². The van der Waals surface area contributed by atoms with Crippen LogP contribution in [0.4, 0.5) is 0 Å². The Morgan fingerprint density at radius 2 is 0.787 bits per heavy atom. The Labute approximate surface area is 472 Å². The molecular formula is C67H64BClN6O5. The molecule has 0 saturated carbocycles. The van der Waals surface area contributed by atoms with Gasteiger partial charge in [0.2, 0.25) is 11.4 Å². The Balaban J connectivity index is 0.000000164. The molecule has 0 aliphatic carbocycles. The van der Waals surface area contributed by atoms with E-state index < -0.39 is 17.9 Å². The zero-order chi connectivity index (χ0) is 57.0. The van der Waals surface area contributed by atoms with Crippen LogP contribution in [-0.2, 0) is 10.8 Å².